The van der Waals surface area contributed by atoms with E-state index in [0.29, 0.717) is 0 Å². The molecule has 0 aliphatic rings. The summed E-state index contributed by atoms with van der Waals surface area (Å²) in [5.41, 5.74) is 5.36. The first-order valence-corrected chi connectivity index (χ1v) is 2.99. The van der Waals surface area contributed by atoms with E-state index >= 15 is 0 Å². The van der Waals surface area contributed by atoms with Crippen LogP contribution in [-0.2, 0) is 0 Å². The molecule has 0 aromatic rings. The Kier molecular flexibility index (Phi) is 3.75. The third-order valence-electron chi connectivity index (χ3n) is 1.24. The number of hydrazine groups is 2. The Morgan fingerprint density at radius 2 is 1.40 bits per heavy atom. The SMILES string of the molecule is CNN(C)C(=O)N(C)NC. The van der Waals surface area contributed by atoms with Crippen molar-refractivity contribution >= 4 is 6.03 Å². The molecule has 0 atom stereocenters. The predicted molar refractivity (Wildman–Crippen MR) is 39.0 cm³/mol. The van der Waals surface area contributed by atoms with Gasteiger partial charge in [-0.2, -0.15) is 0 Å². The molecule has 0 heterocycles. The van der Waals surface area contributed by atoms with Gasteiger partial charge in [-0.15, -0.1) is 0 Å². The fourth-order valence-electron chi connectivity index (χ4n) is 0.416. The highest BCUT2D eigenvalue weighted by atomic mass is 16.2. The van der Waals surface area contributed by atoms with Crippen LogP contribution >= 0.6 is 0 Å². The van der Waals surface area contributed by atoms with E-state index in [4.69, 9.17) is 0 Å². The van der Waals surface area contributed by atoms with E-state index in [2.05, 4.69) is 10.9 Å². The lowest BCUT2D eigenvalue weighted by molar-refractivity contribution is 0.144. The van der Waals surface area contributed by atoms with Crippen LogP contribution in [-0.4, -0.2) is 44.2 Å². The topological polar surface area (TPSA) is 47.6 Å². The van der Waals surface area contributed by atoms with Gasteiger partial charge in [0.15, 0.2) is 0 Å². The summed E-state index contributed by atoms with van der Waals surface area (Å²) in [4.78, 5) is 11.0. The normalized spacial score (nSPS) is 9.20. The van der Waals surface area contributed by atoms with Gasteiger partial charge >= 0.3 is 6.03 Å². The Balaban J connectivity index is 3.82. The monoisotopic (exact) mass is 146 g/mol. The van der Waals surface area contributed by atoms with E-state index < -0.39 is 0 Å². The molecular formula is C5H14N4O. The molecule has 0 aromatic carbocycles. The van der Waals surface area contributed by atoms with Crippen LogP contribution in [0.25, 0.3) is 0 Å². The van der Waals surface area contributed by atoms with Gasteiger partial charge in [-0.1, -0.05) is 0 Å². The molecule has 0 unspecified atom stereocenters. The van der Waals surface area contributed by atoms with Gasteiger partial charge in [0.25, 0.3) is 0 Å². The maximum atomic E-state index is 11.0. The summed E-state index contributed by atoms with van der Waals surface area (Å²) in [5, 5.41) is 2.74. The summed E-state index contributed by atoms with van der Waals surface area (Å²) in [5.74, 6) is 0. The third-order valence-corrected chi connectivity index (χ3v) is 1.24. The largest absolute Gasteiger partial charge is 0.348 e. The van der Waals surface area contributed by atoms with E-state index in [1.807, 2.05) is 0 Å². The van der Waals surface area contributed by atoms with Crippen molar-refractivity contribution in [2.45, 2.75) is 0 Å². The molecule has 0 saturated heterocycles. The predicted octanol–water partition coefficient (Wildman–Crippen LogP) is -0.761. The Morgan fingerprint density at radius 1 is 1.10 bits per heavy atom. The van der Waals surface area contributed by atoms with E-state index in [1.54, 1.807) is 28.2 Å². The Bertz CT molecular complexity index is 104. The van der Waals surface area contributed by atoms with Crippen molar-refractivity contribution in [1.29, 1.82) is 0 Å². The number of carbonyl (C=O) groups is 1. The first-order chi connectivity index (χ1) is 4.63. The highest BCUT2D eigenvalue weighted by Crippen LogP contribution is 1.83. The van der Waals surface area contributed by atoms with Crippen LogP contribution in [0.15, 0.2) is 0 Å². The zero-order chi connectivity index (χ0) is 8.15. The molecule has 0 aromatic heterocycles. The highest BCUT2D eigenvalue weighted by Gasteiger charge is 2.09. The Labute approximate surface area is 60.9 Å². The maximum absolute atomic E-state index is 11.0. The van der Waals surface area contributed by atoms with Crippen molar-refractivity contribution in [1.82, 2.24) is 20.9 Å². The van der Waals surface area contributed by atoms with Crippen LogP contribution in [0.5, 0.6) is 0 Å². The fourth-order valence-corrected chi connectivity index (χ4v) is 0.416. The van der Waals surface area contributed by atoms with Crippen molar-refractivity contribution in [2.24, 2.45) is 0 Å². The van der Waals surface area contributed by atoms with Gasteiger partial charge in [-0.3, -0.25) is 10.0 Å². The molecule has 0 fully saturated rings. The summed E-state index contributed by atoms with van der Waals surface area (Å²) in [7, 11) is 6.66. The molecule has 0 saturated carbocycles. The Hall–Kier alpha value is -0.810. The molecule has 60 valence electrons. The molecule has 0 aliphatic carbocycles. The zero-order valence-corrected chi connectivity index (χ0v) is 6.80. The number of nitrogens with one attached hydrogen (secondary N) is 2. The lowest BCUT2D eigenvalue weighted by Gasteiger charge is -2.22. The number of rotatable bonds is 2. The van der Waals surface area contributed by atoms with E-state index in [0.717, 1.165) is 0 Å². The maximum Gasteiger partial charge on any atom is 0.348 e. The van der Waals surface area contributed by atoms with Crippen molar-refractivity contribution in [2.75, 3.05) is 28.2 Å². The van der Waals surface area contributed by atoms with E-state index in [1.165, 1.54) is 10.0 Å². The summed E-state index contributed by atoms with van der Waals surface area (Å²) in [6.45, 7) is 0. The van der Waals surface area contributed by atoms with Crippen LogP contribution in [0, 0.1) is 0 Å². The zero-order valence-electron chi connectivity index (χ0n) is 6.80. The quantitative estimate of drug-likeness (QED) is 0.503. The first kappa shape index (κ1) is 9.19. The summed E-state index contributed by atoms with van der Waals surface area (Å²) < 4.78 is 0. The molecule has 10 heavy (non-hydrogen) atoms. The summed E-state index contributed by atoms with van der Waals surface area (Å²) in [6.07, 6.45) is 0. The molecule has 2 amide bonds. The second kappa shape index (κ2) is 4.08. The molecule has 2 N–H and O–H groups in total. The second-order valence-electron chi connectivity index (χ2n) is 1.85. The molecule has 5 heteroatoms. The number of amides is 2. The standard InChI is InChI=1S/C5H14N4O/c1-6-8(3)5(10)9(4)7-2/h6-7H,1-4H3. The van der Waals surface area contributed by atoms with Crippen molar-refractivity contribution in [3.8, 4) is 0 Å². The van der Waals surface area contributed by atoms with Gasteiger partial charge in [-0.05, 0) is 0 Å². The minimum Gasteiger partial charge on any atom is -0.262 e. The third kappa shape index (κ3) is 2.20. The average molecular weight is 146 g/mol. The van der Waals surface area contributed by atoms with Crippen LogP contribution in [0.3, 0.4) is 0 Å². The van der Waals surface area contributed by atoms with Gasteiger partial charge in [0.2, 0.25) is 0 Å². The van der Waals surface area contributed by atoms with Gasteiger partial charge < -0.3 is 0 Å². The van der Waals surface area contributed by atoms with Crippen molar-refractivity contribution < 1.29 is 4.79 Å². The van der Waals surface area contributed by atoms with Gasteiger partial charge in [-0.25, -0.2) is 15.6 Å². The number of hydrogen-bond donors (Lipinski definition) is 2. The van der Waals surface area contributed by atoms with Crippen LogP contribution < -0.4 is 10.9 Å². The molecular weight excluding hydrogens is 132 g/mol. The minimum absolute atomic E-state index is 0.134. The average Bonchev–Trinajstić information content (AvgIpc) is 2.00. The summed E-state index contributed by atoms with van der Waals surface area (Å²) >= 11 is 0. The molecule has 5 nitrogen and oxygen atoms in total. The van der Waals surface area contributed by atoms with E-state index in [-0.39, 0.29) is 6.03 Å². The minimum atomic E-state index is -0.134. The summed E-state index contributed by atoms with van der Waals surface area (Å²) in [6, 6.07) is -0.134. The molecule has 0 bridgehead atoms. The molecule has 0 aliphatic heterocycles. The molecule has 0 radical (unpaired) electrons. The number of nitrogens with zero attached hydrogens (tertiary/aromatic N) is 2. The highest BCUT2D eigenvalue weighted by molar-refractivity contribution is 5.72. The number of carbonyl (C=O) groups excluding carboxylic acids is 1. The Morgan fingerprint density at radius 3 is 1.60 bits per heavy atom. The first-order valence-electron chi connectivity index (χ1n) is 2.99. The number of urea groups is 1. The number of hydrogen-bond acceptors (Lipinski definition) is 3. The smallest absolute Gasteiger partial charge is 0.262 e. The van der Waals surface area contributed by atoms with Gasteiger partial charge in [0.05, 0.1) is 0 Å². The van der Waals surface area contributed by atoms with Crippen LogP contribution in [0.1, 0.15) is 0 Å². The van der Waals surface area contributed by atoms with Gasteiger partial charge in [0.1, 0.15) is 0 Å². The van der Waals surface area contributed by atoms with Crippen LogP contribution in [0.2, 0.25) is 0 Å². The van der Waals surface area contributed by atoms with Crippen molar-refractivity contribution in [3.05, 3.63) is 0 Å². The lowest BCUT2D eigenvalue weighted by Crippen LogP contribution is -2.48. The van der Waals surface area contributed by atoms with Crippen LogP contribution in [0.4, 0.5) is 4.79 Å². The molecule has 0 rings (SSSR count). The van der Waals surface area contributed by atoms with Crippen molar-refractivity contribution in [3.63, 3.8) is 0 Å². The second-order valence-corrected chi connectivity index (χ2v) is 1.85. The van der Waals surface area contributed by atoms with E-state index in [9.17, 15) is 4.79 Å². The molecule has 0 spiro atoms. The lowest BCUT2D eigenvalue weighted by atomic mass is 10.8. The fraction of sp³-hybridized carbons (Fsp3) is 0.800. The van der Waals surface area contributed by atoms with Gasteiger partial charge in [0, 0.05) is 28.2 Å².